The number of aromatic nitrogens is 2. The number of nitrogens with zero attached hydrogens (tertiary/aromatic N) is 2. The molecule has 0 radical (unpaired) electrons. The van der Waals surface area contributed by atoms with E-state index in [0.29, 0.717) is 0 Å². The van der Waals surface area contributed by atoms with E-state index in [0.717, 1.165) is 24.2 Å². The van der Waals surface area contributed by atoms with Crippen molar-refractivity contribution in [3.63, 3.8) is 0 Å². The zero-order valence-corrected chi connectivity index (χ0v) is 9.29. The van der Waals surface area contributed by atoms with Crippen LogP contribution < -0.4 is 0 Å². The molecule has 0 atom stereocenters. The number of rotatable bonds is 6. The van der Waals surface area contributed by atoms with E-state index in [4.69, 9.17) is 0 Å². The van der Waals surface area contributed by atoms with Crippen molar-refractivity contribution in [1.29, 1.82) is 0 Å². The number of hydrogen-bond donors (Lipinski definition) is 0. The molecule has 0 amide bonds. The van der Waals surface area contributed by atoms with Crippen LogP contribution in [0.5, 0.6) is 0 Å². The Morgan fingerprint density at radius 1 is 0.929 bits per heavy atom. The average molecular weight is 192 g/mol. The molecule has 0 saturated carbocycles. The Hall–Kier alpha value is -0.920. The van der Waals surface area contributed by atoms with Gasteiger partial charge in [0.2, 0.25) is 0 Å². The summed E-state index contributed by atoms with van der Waals surface area (Å²) in [6, 6.07) is 0. The minimum Gasteiger partial charge on any atom is -0.261 e. The molecule has 0 spiro atoms. The fraction of sp³-hybridized carbons (Fsp3) is 0.667. The van der Waals surface area contributed by atoms with E-state index in [1.807, 2.05) is 12.4 Å². The first-order valence-electron chi connectivity index (χ1n) is 5.66. The van der Waals surface area contributed by atoms with E-state index in [1.165, 1.54) is 25.7 Å². The van der Waals surface area contributed by atoms with Crippen molar-refractivity contribution in [1.82, 2.24) is 9.97 Å². The first-order valence-corrected chi connectivity index (χ1v) is 5.66. The lowest BCUT2D eigenvalue weighted by atomic mass is 10.2. The van der Waals surface area contributed by atoms with Crippen LogP contribution in [0.2, 0.25) is 0 Å². The molecule has 0 saturated heterocycles. The van der Waals surface area contributed by atoms with Crippen molar-refractivity contribution >= 4 is 0 Å². The molecule has 0 aliphatic heterocycles. The zero-order chi connectivity index (χ0) is 10.2. The average Bonchev–Trinajstić information content (AvgIpc) is 2.24. The zero-order valence-electron chi connectivity index (χ0n) is 9.29. The highest BCUT2D eigenvalue weighted by Crippen LogP contribution is 2.04. The van der Waals surface area contributed by atoms with Crippen LogP contribution in [0.4, 0.5) is 0 Å². The third-order valence-corrected chi connectivity index (χ3v) is 2.31. The monoisotopic (exact) mass is 192 g/mol. The lowest BCUT2D eigenvalue weighted by Crippen LogP contribution is -1.97. The van der Waals surface area contributed by atoms with Crippen molar-refractivity contribution in [2.45, 2.75) is 52.4 Å². The summed E-state index contributed by atoms with van der Waals surface area (Å²) >= 11 is 0. The highest BCUT2D eigenvalue weighted by molar-refractivity contribution is 5.03. The van der Waals surface area contributed by atoms with Gasteiger partial charge < -0.3 is 0 Å². The van der Waals surface area contributed by atoms with Crippen LogP contribution in [-0.4, -0.2) is 9.97 Å². The first-order chi connectivity index (χ1) is 6.86. The van der Waals surface area contributed by atoms with E-state index in [9.17, 15) is 0 Å². The Labute approximate surface area is 86.8 Å². The second kappa shape index (κ2) is 6.52. The third kappa shape index (κ3) is 3.86. The highest BCUT2D eigenvalue weighted by Gasteiger charge is 1.98. The Morgan fingerprint density at radius 3 is 1.86 bits per heavy atom. The van der Waals surface area contributed by atoms with Crippen LogP contribution in [0.15, 0.2) is 12.4 Å². The van der Waals surface area contributed by atoms with E-state index in [-0.39, 0.29) is 0 Å². The fourth-order valence-electron chi connectivity index (χ4n) is 1.41. The molecule has 1 rings (SSSR count). The van der Waals surface area contributed by atoms with Gasteiger partial charge in [-0.25, -0.2) is 0 Å². The van der Waals surface area contributed by atoms with E-state index >= 15 is 0 Å². The third-order valence-electron chi connectivity index (χ3n) is 2.31. The normalized spacial score (nSPS) is 10.4. The molecule has 1 heterocycles. The van der Waals surface area contributed by atoms with Gasteiger partial charge in [0.15, 0.2) is 0 Å². The van der Waals surface area contributed by atoms with Gasteiger partial charge in [0.1, 0.15) is 0 Å². The van der Waals surface area contributed by atoms with Crippen molar-refractivity contribution in [3.8, 4) is 0 Å². The van der Waals surface area contributed by atoms with Crippen molar-refractivity contribution in [3.05, 3.63) is 23.8 Å². The second-order valence-electron chi connectivity index (χ2n) is 3.71. The molecule has 0 aliphatic carbocycles. The second-order valence-corrected chi connectivity index (χ2v) is 3.71. The predicted octanol–water partition coefficient (Wildman–Crippen LogP) is 3.16. The molecule has 2 heteroatoms. The molecule has 0 bridgehead atoms. The van der Waals surface area contributed by atoms with Gasteiger partial charge in [-0.3, -0.25) is 9.97 Å². The summed E-state index contributed by atoms with van der Waals surface area (Å²) in [5, 5.41) is 0. The summed E-state index contributed by atoms with van der Waals surface area (Å²) < 4.78 is 0. The van der Waals surface area contributed by atoms with Gasteiger partial charge in [-0.1, -0.05) is 26.7 Å². The summed E-state index contributed by atoms with van der Waals surface area (Å²) in [6.07, 6.45) is 10.8. The number of aryl methyl sites for hydroxylation is 2. The lowest BCUT2D eigenvalue weighted by molar-refractivity contribution is 0.738. The molecule has 1 aromatic heterocycles. The maximum Gasteiger partial charge on any atom is 0.0590 e. The molecule has 0 fully saturated rings. The maximum absolute atomic E-state index is 4.59. The first kappa shape index (κ1) is 11.2. The lowest BCUT2D eigenvalue weighted by Gasteiger charge is -2.02. The standard InChI is InChI=1S/C12H20N2/c1-3-5-7-11-9-13-10-12(14-11)8-6-4-2/h9-10H,3-8H2,1-2H3. The Morgan fingerprint density at radius 2 is 1.43 bits per heavy atom. The predicted molar refractivity (Wildman–Crippen MR) is 59.3 cm³/mol. The van der Waals surface area contributed by atoms with Crippen LogP contribution in [0.1, 0.15) is 50.9 Å². The molecule has 78 valence electrons. The van der Waals surface area contributed by atoms with Crippen LogP contribution >= 0.6 is 0 Å². The topological polar surface area (TPSA) is 25.8 Å². The molecule has 0 unspecified atom stereocenters. The quantitative estimate of drug-likeness (QED) is 0.692. The highest BCUT2D eigenvalue weighted by atomic mass is 14.8. The Bertz CT molecular complexity index is 235. The molecule has 0 aromatic carbocycles. The van der Waals surface area contributed by atoms with Crippen LogP contribution in [0, 0.1) is 0 Å². The van der Waals surface area contributed by atoms with Crippen LogP contribution in [0.3, 0.4) is 0 Å². The summed E-state index contributed by atoms with van der Waals surface area (Å²) in [5.41, 5.74) is 2.31. The van der Waals surface area contributed by atoms with E-state index in [1.54, 1.807) is 0 Å². The molecular weight excluding hydrogens is 172 g/mol. The summed E-state index contributed by atoms with van der Waals surface area (Å²) in [4.78, 5) is 8.81. The van der Waals surface area contributed by atoms with Crippen LogP contribution in [-0.2, 0) is 12.8 Å². The van der Waals surface area contributed by atoms with Gasteiger partial charge in [0, 0.05) is 12.4 Å². The minimum atomic E-state index is 1.07. The Kier molecular flexibility index (Phi) is 5.20. The van der Waals surface area contributed by atoms with Gasteiger partial charge >= 0.3 is 0 Å². The van der Waals surface area contributed by atoms with Crippen LogP contribution in [0.25, 0.3) is 0 Å². The number of unbranched alkanes of at least 4 members (excludes halogenated alkanes) is 2. The van der Waals surface area contributed by atoms with Gasteiger partial charge in [-0.2, -0.15) is 0 Å². The summed E-state index contributed by atoms with van der Waals surface area (Å²) in [6.45, 7) is 4.41. The number of hydrogen-bond acceptors (Lipinski definition) is 2. The Balaban J connectivity index is 2.50. The van der Waals surface area contributed by atoms with Gasteiger partial charge in [-0.05, 0) is 25.7 Å². The van der Waals surface area contributed by atoms with Crippen molar-refractivity contribution < 1.29 is 0 Å². The molecular formula is C12H20N2. The summed E-state index contributed by atoms with van der Waals surface area (Å²) in [7, 11) is 0. The van der Waals surface area contributed by atoms with Crippen molar-refractivity contribution in [2.24, 2.45) is 0 Å². The smallest absolute Gasteiger partial charge is 0.0590 e. The molecule has 14 heavy (non-hydrogen) atoms. The van der Waals surface area contributed by atoms with Gasteiger partial charge in [0.25, 0.3) is 0 Å². The van der Waals surface area contributed by atoms with Crippen molar-refractivity contribution in [2.75, 3.05) is 0 Å². The van der Waals surface area contributed by atoms with E-state index < -0.39 is 0 Å². The molecule has 0 N–H and O–H groups in total. The SMILES string of the molecule is CCCCc1cncc(CCCC)n1. The molecule has 0 aliphatic rings. The largest absolute Gasteiger partial charge is 0.261 e. The summed E-state index contributed by atoms with van der Waals surface area (Å²) in [5.74, 6) is 0. The molecule has 2 nitrogen and oxygen atoms in total. The van der Waals surface area contributed by atoms with Gasteiger partial charge in [0.05, 0.1) is 11.4 Å². The fourth-order valence-corrected chi connectivity index (χ4v) is 1.41. The van der Waals surface area contributed by atoms with Gasteiger partial charge in [-0.15, -0.1) is 0 Å². The molecule has 1 aromatic rings. The minimum absolute atomic E-state index is 1.07. The maximum atomic E-state index is 4.59. The van der Waals surface area contributed by atoms with E-state index in [2.05, 4.69) is 23.8 Å².